The summed E-state index contributed by atoms with van der Waals surface area (Å²) in [6.07, 6.45) is 0. The maximum absolute atomic E-state index is 12.1. The van der Waals surface area contributed by atoms with Crippen molar-refractivity contribution >= 4 is 50.6 Å². The molecule has 0 radical (unpaired) electrons. The fourth-order valence-corrected chi connectivity index (χ4v) is 4.12. The molecule has 0 bridgehead atoms. The molecule has 1 aromatic heterocycles. The molecule has 2 heterocycles. The Bertz CT molecular complexity index is 583. The summed E-state index contributed by atoms with van der Waals surface area (Å²) in [5, 5.41) is 5.85. The molecule has 0 saturated heterocycles. The van der Waals surface area contributed by atoms with Gasteiger partial charge < -0.3 is 15.0 Å². The van der Waals surface area contributed by atoms with Gasteiger partial charge in [-0.3, -0.25) is 0 Å². The number of ether oxygens (including phenoxy) is 1. The molecule has 0 saturated carbocycles. The fraction of sp³-hybridized carbons (Fsp3) is 0.385. The Kier molecular flexibility index (Phi) is 4.82. The lowest BCUT2D eigenvalue weighted by Crippen LogP contribution is -2.47. The molecule has 1 atom stereocenters. The van der Waals surface area contributed by atoms with Gasteiger partial charge in [-0.2, -0.15) is 0 Å². The maximum Gasteiger partial charge on any atom is 0.338 e. The molecule has 4 nitrogen and oxygen atoms in total. The second-order valence-corrected chi connectivity index (χ2v) is 6.53. The molecular formula is C13H15BrN2O2S2. The van der Waals surface area contributed by atoms with E-state index in [1.807, 2.05) is 30.2 Å². The second-order valence-electron chi connectivity index (χ2n) is 4.28. The van der Waals surface area contributed by atoms with Crippen LogP contribution in [0, 0.1) is 0 Å². The van der Waals surface area contributed by atoms with E-state index in [1.54, 1.807) is 11.3 Å². The number of hydrogen-bond acceptors (Lipinski definition) is 4. The van der Waals surface area contributed by atoms with E-state index in [9.17, 15) is 4.79 Å². The highest BCUT2D eigenvalue weighted by Gasteiger charge is 2.34. The summed E-state index contributed by atoms with van der Waals surface area (Å²) in [5.74, 6) is -0.328. The molecule has 1 N–H and O–H groups in total. The standard InChI is InChI=1S/C13H15BrN2O2S2/c1-4-16-7(2)10(12(17)18-3)11(15-13(16)19)9-5-8(14)6-20-9/h5-6,11H,4H2,1-3H3,(H,15,19)/t11-/m0/s1. The van der Waals surface area contributed by atoms with E-state index in [1.165, 1.54) is 7.11 Å². The monoisotopic (exact) mass is 374 g/mol. The normalized spacial score (nSPS) is 19.1. The van der Waals surface area contributed by atoms with Crippen LogP contribution in [0.2, 0.25) is 0 Å². The van der Waals surface area contributed by atoms with Crippen LogP contribution in [0.1, 0.15) is 24.8 Å². The minimum Gasteiger partial charge on any atom is -0.466 e. The Morgan fingerprint density at radius 2 is 2.35 bits per heavy atom. The van der Waals surface area contributed by atoms with E-state index < -0.39 is 0 Å². The lowest BCUT2D eigenvalue weighted by atomic mass is 10.0. The molecule has 108 valence electrons. The van der Waals surface area contributed by atoms with Crippen LogP contribution < -0.4 is 5.32 Å². The Hall–Kier alpha value is -0.920. The average molecular weight is 375 g/mol. The zero-order valence-corrected chi connectivity index (χ0v) is 14.6. The minimum absolute atomic E-state index is 0.256. The number of carbonyl (C=O) groups is 1. The Labute approximate surface area is 135 Å². The number of allylic oxidation sites excluding steroid dienone is 1. The summed E-state index contributed by atoms with van der Waals surface area (Å²) < 4.78 is 5.92. The van der Waals surface area contributed by atoms with E-state index in [0.717, 1.165) is 15.0 Å². The Balaban J connectivity index is 2.52. The van der Waals surface area contributed by atoms with Crippen LogP contribution in [0.15, 0.2) is 27.2 Å². The Morgan fingerprint density at radius 1 is 1.65 bits per heavy atom. The molecule has 20 heavy (non-hydrogen) atoms. The van der Waals surface area contributed by atoms with Crippen molar-refractivity contribution in [3.8, 4) is 0 Å². The number of hydrogen-bond donors (Lipinski definition) is 1. The van der Waals surface area contributed by atoms with Gasteiger partial charge in [-0.15, -0.1) is 11.3 Å². The highest BCUT2D eigenvalue weighted by Crippen LogP contribution is 2.35. The third-order valence-corrected chi connectivity index (χ3v) is 5.29. The first-order valence-corrected chi connectivity index (χ1v) is 8.18. The molecule has 2 rings (SSSR count). The number of carbonyl (C=O) groups excluding carboxylic acids is 1. The third-order valence-electron chi connectivity index (χ3n) is 3.19. The fourth-order valence-electron chi connectivity index (χ4n) is 2.23. The van der Waals surface area contributed by atoms with Crippen LogP contribution in [0.3, 0.4) is 0 Å². The van der Waals surface area contributed by atoms with Crippen molar-refractivity contribution in [3.05, 3.63) is 32.1 Å². The first-order chi connectivity index (χ1) is 9.49. The van der Waals surface area contributed by atoms with Crippen molar-refractivity contribution in [1.29, 1.82) is 0 Å². The molecule has 0 fully saturated rings. The molecule has 1 aromatic rings. The maximum atomic E-state index is 12.1. The number of esters is 1. The molecule has 0 amide bonds. The van der Waals surface area contributed by atoms with E-state index in [2.05, 4.69) is 21.2 Å². The smallest absolute Gasteiger partial charge is 0.338 e. The van der Waals surface area contributed by atoms with Gasteiger partial charge in [0.1, 0.15) is 0 Å². The van der Waals surface area contributed by atoms with Crippen LogP contribution >= 0.6 is 39.5 Å². The van der Waals surface area contributed by atoms with Gasteiger partial charge in [0.25, 0.3) is 0 Å². The topological polar surface area (TPSA) is 41.6 Å². The number of thiocarbonyl (C=S) groups is 1. The van der Waals surface area contributed by atoms with Crippen molar-refractivity contribution in [2.75, 3.05) is 13.7 Å². The highest BCUT2D eigenvalue weighted by molar-refractivity contribution is 9.10. The van der Waals surface area contributed by atoms with Crippen molar-refractivity contribution in [1.82, 2.24) is 10.2 Å². The Morgan fingerprint density at radius 3 is 2.85 bits per heavy atom. The highest BCUT2D eigenvalue weighted by atomic mass is 79.9. The number of nitrogens with zero attached hydrogens (tertiary/aromatic N) is 1. The van der Waals surface area contributed by atoms with Crippen molar-refractivity contribution in [2.45, 2.75) is 19.9 Å². The molecular weight excluding hydrogens is 360 g/mol. The zero-order chi connectivity index (χ0) is 14.9. The van der Waals surface area contributed by atoms with Crippen molar-refractivity contribution < 1.29 is 9.53 Å². The van der Waals surface area contributed by atoms with Gasteiger partial charge in [0, 0.05) is 27.0 Å². The molecule has 0 aliphatic carbocycles. The van der Waals surface area contributed by atoms with Gasteiger partial charge in [0.15, 0.2) is 5.11 Å². The molecule has 0 spiro atoms. The summed E-state index contributed by atoms with van der Waals surface area (Å²) >= 11 is 10.4. The van der Waals surface area contributed by atoms with Crippen molar-refractivity contribution in [2.24, 2.45) is 0 Å². The first-order valence-electron chi connectivity index (χ1n) is 6.10. The third kappa shape index (κ3) is 2.75. The van der Waals surface area contributed by atoms with Crippen LogP contribution in [0.25, 0.3) is 0 Å². The molecule has 1 aliphatic rings. The number of rotatable bonds is 3. The SMILES string of the molecule is CCN1C(=S)N[C@@H](c2cc(Br)cs2)C(C(=O)OC)=C1C. The van der Waals surface area contributed by atoms with Gasteiger partial charge >= 0.3 is 5.97 Å². The molecule has 7 heteroatoms. The number of nitrogens with one attached hydrogen (secondary N) is 1. The van der Waals surface area contributed by atoms with Crippen LogP contribution in [0.4, 0.5) is 0 Å². The second kappa shape index (κ2) is 6.24. The lowest BCUT2D eigenvalue weighted by Gasteiger charge is -2.36. The van der Waals surface area contributed by atoms with Crippen molar-refractivity contribution in [3.63, 3.8) is 0 Å². The zero-order valence-electron chi connectivity index (χ0n) is 11.4. The summed E-state index contributed by atoms with van der Waals surface area (Å²) in [4.78, 5) is 15.1. The summed E-state index contributed by atoms with van der Waals surface area (Å²) in [6.45, 7) is 4.60. The predicted octanol–water partition coefficient (Wildman–Crippen LogP) is 3.21. The summed E-state index contributed by atoms with van der Waals surface area (Å²) in [5.41, 5.74) is 1.45. The van der Waals surface area contributed by atoms with Gasteiger partial charge in [0.2, 0.25) is 0 Å². The van der Waals surface area contributed by atoms with Gasteiger partial charge in [-0.1, -0.05) is 0 Å². The number of halogens is 1. The summed E-state index contributed by atoms with van der Waals surface area (Å²) in [7, 11) is 1.40. The lowest BCUT2D eigenvalue weighted by molar-refractivity contribution is -0.136. The van der Waals surface area contributed by atoms with E-state index in [0.29, 0.717) is 17.2 Å². The quantitative estimate of drug-likeness (QED) is 0.649. The summed E-state index contributed by atoms with van der Waals surface area (Å²) in [6, 6.07) is 1.73. The van der Waals surface area contributed by atoms with Gasteiger partial charge in [-0.25, -0.2) is 4.79 Å². The molecule has 0 unspecified atom stereocenters. The van der Waals surface area contributed by atoms with Crippen LogP contribution in [-0.4, -0.2) is 29.6 Å². The van der Waals surface area contributed by atoms with E-state index >= 15 is 0 Å². The average Bonchev–Trinajstić information content (AvgIpc) is 2.84. The molecule has 0 aromatic carbocycles. The largest absolute Gasteiger partial charge is 0.466 e. The predicted molar refractivity (Wildman–Crippen MR) is 87.6 cm³/mol. The van der Waals surface area contributed by atoms with Crippen LogP contribution in [-0.2, 0) is 9.53 Å². The van der Waals surface area contributed by atoms with Gasteiger partial charge in [-0.05, 0) is 48.1 Å². The van der Waals surface area contributed by atoms with Crippen LogP contribution in [0.5, 0.6) is 0 Å². The van der Waals surface area contributed by atoms with Gasteiger partial charge in [0.05, 0.1) is 18.7 Å². The molecule has 1 aliphatic heterocycles. The first kappa shape index (κ1) is 15.5. The van der Waals surface area contributed by atoms with E-state index in [-0.39, 0.29) is 12.0 Å². The minimum atomic E-state index is -0.328. The number of methoxy groups -OCH3 is 1. The number of thiophene rings is 1. The van der Waals surface area contributed by atoms with E-state index in [4.69, 9.17) is 17.0 Å².